The summed E-state index contributed by atoms with van der Waals surface area (Å²) < 4.78 is 32.4. The van der Waals surface area contributed by atoms with E-state index >= 15 is 0 Å². The number of halogens is 2. The summed E-state index contributed by atoms with van der Waals surface area (Å²) in [5.41, 5.74) is 0.740. The Labute approximate surface area is 160 Å². The Bertz CT molecular complexity index is 977. The maximum Gasteiger partial charge on any atom is 0.322 e. The molecule has 0 unspecified atom stereocenters. The monoisotopic (exact) mass is 384 g/mol. The van der Waals surface area contributed by atoms with E-state index in [-0.39, 0.29) is 5.69 Å². The molecule has 1 atom stereocenters. The molecule has 8 heteroatoms. The number of urea groups is 1. The maximum absolute atomic E-state index is 13.9. The standard InChI is InChI=1S/C20H18F2N4O2/c21-14-9-10-16(15(22)12-14)23-20(27)26-11-5-4-8-17(26)19-24-18(25-28-19)13-6-2-1-3-7-13/h1-3,6-7,9-10,12,17H,4-5,8,11H2,(H,23,27)/t17-/m1/s1. The molecule has 0 bridgehead atoms. The van der Waals surface area contributed by atoms with Crippen molar-refractivity contribution in [3.05, 3.63) is 66.1 Å². The van der Waals surface area contributed by atoms with Gasteiger partial charge in [-0.1, -0.05) is 35.5 Å². The fourth-order valence-electron chi connectivity index (χ4n) is 3.28. The van der Waals surface area contributed by atoms with Gasteiger partial charge in [0.15, 0.2) is 0 Å². The van der Waals surface area contributed by atoms with E-state index in [1.165, 1.54) is 6.07 Å². The van der Waals surface area contributed by atoms with Gasteiger partial charge in [0.2, 0.25) is 11.7 Å². The van der Waals surface area contributed by atoms with Crippen molar-refractivity contribution in [3.8, 4) is 11.4 Å². The van der Waals surface area contributed by atoms with E-state index in [9.17, 15) is 13.6 Å². The molecule has 1 fully saturated rings. The summed E-state index contributed by atoms with van der Waals surface area (Å²) in [6, 6.07) is 11.5. The van der Waals surface area contributed by atoms with Crippen LogP contribution in [-0.2, 0) is 0 Å². The topological polar surface area (TPSA) is 71.3 Å². The number of anilines is 1. The molecule has 1 saturated heterocycles. The van der Waals surface area contributed by atoms with Crippen LogP contribution in [0.25, 0.3) is 11.4 Å². The lowest BCUT2D eigenvalue weighted by Crippen LogP contribution is -2.41. The van der Waals surface area contributed by atoms with Gasteiger partial charge in [-0.25, -0.2) is 13.6 Å². The van der Waals surface area contributed by atoms with Crippen molar-refractivity contribution in [1.82, 2.24) is 15.0 Å². The smallest absolute Gasteiger partial charge is 0.322 e. The zero-order valence-electron chi connectivity index (χ0n) is 14.9. The largest absolute Gasteiger partial charge is 0.337 e. The zero-order chi connectivity index (χ0) is 19.5. The molecule has 2 amide bonds. The SMILES string of the molecule is O=C(Nc1ccc(F)cc1F)N1CCCC[C@@H]1c1nc(-c2ccccc2)no1. The molecular formula is C20H18F2N4O2. The minimum absolute atomic E-state index is 0.0776. The van der Waals surface area contributed by atoms with Crippen molar-refractivity contribution in [2.45, 2.75) is 25.3 Å². The van der Waals surface area contributed by atoms with Gasteiger partial charge in [0.1, 0.15) is 17.7 Å². The van der Waals surface area contributed by atoms with Gasteiger partial charge in [0.05, 0.1) is 5.69 Å². The molecule has 0 saturated carbocycles. The molecule has 3 aromatic rings. The quantitative estimate of drug-likeness (QED) is 0.706. The molecule has 2 heterocycles. The summed E-state index contributed by atoms with van der Waals surface area (Å²) in [6.07, 6.45) is 2.38. The van der Waals surface area contributed by atoms with Crippen molar-refractivity contribution in [2.75, 3.05) is 11.9 Å². The number of hydrogen-bond acceptors (Lipinski definition) is 4. The number of nitrogens with one attached hydrogen (secondary N) is 1. The number of piperidine rings is 1. The second kappa shape index (κ2) is 7.75. The molecule has 0 radical (unpaired) electrons. The first-order chi connectivity index (χ1) is 13.6. The minimum Gasteiger partial charge on any atom is -0.337 e. The molecule has 0 aliphatic carbocycles. The molecule has 1 aromatic heterocycles. The van der Waals surface area contributed by atoms with Gasteiger partial charge >= 0.3 is 6.03 Å². The predicted octanol–water partition coefficient (Wildman–Crippen LogP) is 4.77. The highest BCUT2D eigenvalue weighted by Gasteiger charge is 2.32. The summed E-state index contributed by atoms with van der Waals surface area (Å²) in [6.45, 7) is 0.475. The van der Waals surface area contributed by atoms with E-state index < -0.39 is 23.7 Å². The highest BCUT2D eigenvalue weighted by Crippen LogP contribution is 2.32. The lowest BCUT2D eigenvalue weighted by Gasteiger charge is -2.33. The van der Waals surface area contributed by atoms with Gasteiger partial charge in [0, 0.05) is 18.2 Å². The highest BCUT2D eigenvalue weighted by molar-refractivity contribution is 5.89. The summed E-state index contributed by atoms with van der Waals surface area (Å²) in [7, 11) is 0. The van der Waals surface area contributed by atoms with Crippen LogP contribution in [0.2, 0.25) is 0 Å². The molecule has 6 nitrogen and oxygen atoms in total. The molecule has 2 aromatic carbocycles. The third-order valence-electron chi connectivity index (χ3n) is 4.70. The second-order valence-corrected chi connectivity index (χ2v) is 6.58. The average molecular weight is 384 g/mol. The van der Waals surface area contributed by atoms with E-state index in [2.05, 4.69) is 15.5 Å². The molecule has 1 aliphatic rings. The number of nitrogens with zero attached hydrogens (tertiary/aromatic N) is 3. The molecule has 0 spiro atoms. The third-order valence-corrected chi connectivity index (χ3v) is 4.70. The molecular weight excluding hydrogens is 366 g/mol. The average Bonchev–Trinajstić information content (AvgIpc) is 3.21. The molecule has 4 rings (SSSR count). The lowest BCUT2D eigenvalue weighted by atomic mass is 10.0. The molecule has 1 aliphatic heterocycles. The predicted molar refractivity (Wildman–Crippen MR) is 98.4 cm³/mol. The second-order valence-electron chi connectivity index (χ2n) is 6.58. The number of hydrogen-bond donors (Lipinski definition) is 1. The van der Waals surface area contributed by atoms with Crippen LogP contribution in [0.15, 0.2) is 53.1 Å². The van der Waals surface area contributed by atoms with E-state index in [1.54, 1.807) is 4.90 Å². The molecule has 28 heavy (non-hydrogen) atoms. The van der Waals surface area contributed by atoms with E-state index in [1.807, 2.05) is 30.3 Å². The number of aromatic nitrogens is 2. The summed E-state index contributed by atoms with van der Waals surface area (Å²) in [4.78, 5) is 18.7. The Balaban J connectivity index is 1.55. The van der Waals surface area contributed by atoms with Crippen LogP contribution in [0.3, 0.4) is 0 Å². The normalized spacial score (nSPS) is 16.8. The van der Waals surface area contributed by atoms with Crippen molar-refractivity contribution in [1.29, 1.82) is 0 Å². The van der Waals surface area contributed by atoms with Crippen LogP contribution in [-0.4, -0.2) is 27.6 Å². The Kier molecular flexibility index (Phi) is 5.01. The Morgan fingerprint density at radius 1 is 1.14 bits per heavy atom. The number of likely N-dealkylation sites (tertiary alicyclic amines) is 1. The first-order valence-electron chi connectivity index (χ1n) is 9.03. The number of carbonyl (C=O) groups is 1. The van der Waals surface area contributed by atoms with Crippen molar-refractivity contribution in [2.24, 2.45) is 0 Å². The Morgan fingerprint density at radius 2 is 1.96 bits per heavy atom. The van der Waals surface area contributed by atoms with Crippen LogP contribution >= 0.6 is 0 Å². The first kappa shape index (κ1) is 18.1. The van der Waals surface area contributed by atoms with Gasteiger partial charge in [-0.05, 0) is 31.4 Å². The minimum atomic E-state index is -0.828. The number of rotatable bonds is 3. The van der Waals surface area contributed by atoms with Gasteiger partial charge in [-0.15, -0.1) is 0 Å². The third kappa shape index (κ3) is 3.71. The van der Waals surface area contributed by atoms with Crippen LogP contribution in [0.1, 0.15) is 31.2 Å². The molecule has 1 N–H and O–H groups in total. The van der Waals surface area contributed by atoms with Crippen molar-refractivity contribution in [3.63, 3.8) is 0 Å². The van der Waals surface area contributed by atoms with E-state index in [4.69, 9.17) is 4.52 Å². The fourth-order valence-corrected chi connectivity index (χ4v) is 3.28. The van der Waals surface area contributed by atoms with Crippen LogP contribution < -0.4 is 5.32 Å². The Morgan fingerprint density at radius 3 is 2.75 bits per heavy atom. The zero-order valence-corrected chi connectivity index (χ0v) is 14.9. The summed E-state index contributed by atoms with van der Waals surface area (Å²) in [5.74, 6) is -0.740. The van der Waals surface area contributed by atoms with Crippen molar-refractivity contribution >= 4 is 11.7 Å². The maximum atomic E-state index is 13.9. The van der Waals surface area contributed by atoms with Crippen LogP contribution in [0.5, 0.6) is 0 Å². The van der Waals surface area contributed by atoms with Gasteiger partial charge in [-0.3, -0.25) is 0 Å². The number of amides is 2. The Hall–Kier alpha value is -3.29. The first-order valence-corrected chi connectivity index (χ1v) is 9.03. The van der Waals surface area contributed by atoms with Crippen LogP contribution in [0, 0.1) is 11.6 Å². The van der Waals surface area contributed by atoms with Crippen molar-refractivity contribution < 1.29 is 18.1 Å². The number of benzene rings is 2. The number of carbonyl (C=O) groups excluding carboxylic acids is 1. The van der Waals surface area contributed by atoms with Gasteiger partial charge in [0.25, 0.3) is 0 Å². The van der Waals surface area contributed by atoms with E-state index in [0.717, 1.165) is 30.5 Å². The summed E-state index contributed by atoms with van der Waals surface area (Å²) in [5, 5.41) is 6.52. The summed E-state index contributed by atoms with van der Waals surface area (Å²) >= 11 is 0. The van der Waals surface area contributed by atoms with Crippen LogP contribution in [0.4, 0.5) is 19.3 Å². The highest BCUT2D eigenvalue weighted by atomic mass is 19.1. The lowest BCUT2D eigenvalue weighted by molar-refractivity contribution is 0.142. The van der Waals surface area contributed by atoms with Gasteiger partial charge < -0.3 is 14.7 Å². The molecule has 144 valence electrons. The fraction of sp³-hybridized carbons (Fsp3) is 0.250. The van der Waals surface area contributed by atoms with Gasteiger partial charge in [-0.2, -0.15) is 4.98 Å². The van der Waals surface area contributed by atoms with E-state index in [0.29, 0.717) is 24.7 Å².